The zero-order valence-corrected chi connectivity index (χ0v) is 11.4. The van der Waals surface area contributed by atoms with Crippen molar-refractivity contribution in [2.75, 3.05) is 36.0 Å². The van der Waals surface area contributed by atoms with E-state index in [2.05, 4.69) is 24.8 Å². The minimum absolute atomic E-state index is 0.565. The van der Waals surface area contributed by atoms with Crippen molar-refractivity contribution in [1.29, 1.82) is 0 Å². The van der Waals surface area contributed by atoms with E-state index in [1.165, 1.54) is 0 Å². The first kappa shape index (κ1) is 12.3. The highest BCUT2D eigenvalue weighted by atomic mass is 32.1. The summed E-state index contributed by atoms with van der Waals surface area (Å²) in [7, 11) is 0. The standard InChI is InChI=1S/C12H16N6S/c13-8-10-9-16-12(19-10)18-6-4-17(5-7-18)11-14-2-1-3-15-11/h1-3,9H,4-8,13H2. The third-order valence-electron chi connectivity index (χ3n) is 3.13. The Hall–Kier alpha value is -1.73. The second-order valence-electron chi connectivity index (χ2n) is 4.34. The van der Waals surface area contributed by atoms with Gasteiger partial charge in [-0.2, -0.15) is 0 Å². The summed E-state index contributed by atoms with van der Waals surface area (Å²) in [5.74, 6) is 0.809. The van der Waals surface area contributed by atoms with Crippen molar-refractivity contribution in [3.63, 3.8) is 0 Å². The van der Waals surface area contributed by atoms with E-state index in [-0.39, 0.29) is 0 Å². The van der Waals surface area contributed by atoms with Gasteiger partial charge in [0.05, 0.1) is 0 Å². The number of thiazole rings is 1. The number of piperazine rings is 1. The molecule has 100 valence electrons. The Morgan fingerprint density at radius 3 is 2.37 bits per heavy atom. The molecule has 1 fully saturated rings. The molecule has 1 aliphatic rings. The van der Waals surface area contributed by atoms with Crippen molar-refractivity contribution >= 4 is 22.4 Å². The second-order valence-corrected chi connectivity index (χ2v) is 5.43. The molecule has 3 heterocycles. The molecule has 19 heavy (non-hydrogen) atoms. The SMILES string of the molecule is NCc1cnc(N2CCN(c3ncccn3)CC2)s1. The van der Waals surface area contributed by atoms with Gasteiger partial charge in [-0.1, -0.05) is 0 Å². The molecule has 0 aromatic carbocycles. The molecule has 2 aromatic rings. The maximum atomic E-state index is 5.62. The van der Waals surface area contributed by atoms with Crippen LogP contribution in [-0.2, 0) is 6.54 Å². The zero-order chi connectivity index (χ0) is 13.1. The number of nitrogens with zero attached hydrogens (tertiary/aromatic N) is 5. The molecule has 0 spiro atoms. The molecule has 1 aliphatic heterocycles. The molecule has 7 heteroatoms. The van der Waals surface area contributed by atoms with E-state index < -0.39 is 0 Å². The summed E-state index contributed by atoms with van der Waals surface area (Å²) < 4.78 is 0. The Kier molecular flexibility index (Phi) is 3.56. The molecule has 3 rings (SSSR count). The van der Waals surface area contributed by atoms with Crippen molar-refractivity contribution in [1.82, 2.24) is 15.0 Å². The highest BCUT2D eigenvalue weighted by Crippen LogP contribution is 2.23. The first-order valence-electron chi connectivity index (χ1n) is 6.28. The topological polar surface area (TPSA) is 71.2 Å². The third kappa shape index (κ3) is 2.66. The highest BCUT2D eigenvalue weighted by Gasteiger charge is 2.20. The molecule has 1 saturated heterocycles. The fraction of sp³-hybridized carbons (Fsp3) is 0.417. The van der Waals surface area contributed by atoms with Crippen LogP contribution in [0.3, 0.4) is 0 Å². The maximum absolute atomic E-state index is 5.62. The van der Waals surface area contributed by atoms with Crippen molar-refractivity contribution in [3.05, 3.63) is 29.5 Å². The number of hydrogen-bond acceptors (Lipinski definition) is 7. The number of anilines is 2. The molecular formula is C12H16N6S. The lowest BCUT2D eigenvalue weighted by molar-refractivity contribution is 0.639. The van der Waals surface area contributed by atoms with E-state index in [0.717, 1.165) is 42.1 Å². The molecule has 0 unspecified atom stereocenters. The van der Waals surface area contributed by atoms with E-state index in [4.69, 9.17) is 5.73 Å². The Labute approximate surface area is 115 Å². The number of rotatable bonds is 3. The Bertz CT molecular complexity index is 520. The molecule has 0 atom stereocenters. The molecule has 0 bridgehead atoms. The molecule has 2 aromatic heterocycles. The van der Waals surface area contributed by atoms with Gasteiger partial charge >= 0.3 is 0 Å². The average Bonchev–Trinajstić information content (AvgIpc) is 2.97. The summed E-state index contributed by atoms with van der Waals surface area (Å²) in [6.07, 6.45) is 5.43. The minimum Gasteiger partial charge on any atom is -0.345 e. The van der Waals surface area contributed by atoms with Crippen molar-refractivity contribution in [2.45, 2.75) is 6.54 Å². The first-order chi connectivity index (χ1) is 9.36. The summed E-state index contributed by atoms with van der Waals surface area (Å²) in [4.78, 5) is 18.6. The van der Waals surface area contributed by atoms with Gasteiger partial charge in [0.2, 0.25) is 5.95 Å². The van der Waals surface area contributed by atoms with Gasteiger partial charge < -0.3 is 15.5 Å². The van der Waals surface area contributed by atoms with Crippen LogP contribution < -0.4 is 15.5 Å². The van der Waals surface area contributed by atoms with E-state index >= 15 is 0 Å². The van der Waals surface area contributed by atoms with Crippen LogP contribution in [0.25, 0.3) is 0 Å². The van der Waals surface area contributed by atoms with Crippen molar-refractivity contribution in [3.8, 4) is 0 Å². The van der Waals surface area contributed by atoms with Gasteiger partial charge in [-0.05, 0) is 6.07 Å². The third-order valence-corrected chi connectivity index (χ3v) is 4.21. The van der Waals surface area contributed by atoms with E-state index in [1.54, 1.807) is 23.7 Å². The van der Waals surface area contributed by atoms with Crippen molar-refractivity contribution in [2.24, 2.45) is 5.73 Å². The lowest BCUT2D eigenvalue weighted by Gasteiger charge is -2.34. The summed E-state index contributed by atoms with van der Waals surface area (Å²) in [5, 5.41) is 1.06. The van der Waals surface area contributed by atoms with Crippen molar-refractivity contribution < 1.29 is 0 Å². The van der Waals surface area contributed by atoms with Crippen LogP contribution in [0.15, 0.2) is 24.7 Å². The fourth-order valence-corrected chi connectivity index (χ4v) is 2.93. The number of hydrogen-bond donors (Lipinski definition) is 1. The van der Waals surface area contributed by atoms with Gasteiger partial charge in [0.1, 0.15) is 0 Å². The molecule has 0 amide bonds. The van der Waals surface area contributed by atoms with Crippen LogP contribution in [0.1, 0.15) is 4.88 Å². The van der Waals surface area contributed by atoms with Gasteiger partial charge in [-0.15, -0.1) is 11.3 Å². The highest BCUT2D eigenvalue weighted by molar-refractivity contribution is 7.15. The van der Waals surface area contributed by atoms with E-state index in [9.17, 15) is 0 Å². The minimum atomic E-state index is 0.565. The number of aromatic nitrogens is 3. The molecular weight excluding hydrogens is 260 g/mol. The second kappa shape index (κ2) is 5.50. The monoisotopic (exact) mass is 276 g/mol. The van der Waals surface area contributed by atoms with Gasteiger partial charge in [-0.3, -0.25) is 0 Å². The van der Waals surface area contributed by atoms with Crippen LogP contribution in [0, 0.1) is 0 Å². The van der Waals surface area contributed by atoms with Crippen LogP contribution in [0.5, 0.6) is 0 Å². The molecule has 0 aliphatic carbocycles. The van der Waals surface area contributed by atoms with Gasteiger partial charge in [0.25, 0.3) is 0 Å². The average molecular weight is 276 g/mol. The summed E-state index contributed by atoms with van der Waals surface area (Å²) in [6.45, 7) is 4.28. The largest absolute Gasteiger partial charge is 0.345 e. The molecule has 0 radical (unpaired) electrons. The van der Waals surface area contributed by atoms with Gasteiger partial charge in [-0.25, -0.2) is 15.0 Å². The van der Waals surface area contributed by atoms with Crippen LogP contribution in [0.4, 0.5) is 11.1 Å². The lowest BCUT2D eigenvalue weighted by atomic mass is 10.3. The predicted octanol–water partition coefficient (Wildman–Crippen LogP) is 0.718. The lowest BCUT2D eigenvalue weighted by Crippen LogP contribution is -2.47. The maximum Gasteiger partial charge on any atom is 0.225 e. The van der Waals surface area contributed by atoms with E-state index in [1.807, 2.05) is 12.3 Å². The Balaban J connectivity index is 1.63. The summed E-state index contributed by atoms with van der Waals surface area (Å²) >= 11 is 1.68. The van der Waals surface area contributed by atoms with Crippen LogP contribution >= 0.6 is 11.3 Å². The van der Waals surface area contributed by atoms with E-state index in [0.29, 0.717) is 6.54 Å². The fourth-order valence-electron chi connectivity index (χ4n) is 2.09. The molecule has 0 saturated carbocycles. The summed E-state index contributed by atoms with van der Waals surface area (Å²) in [5.41, 5.74) is 5.62. The quantitative estimate of drug-likeness (QED) is 0.890. The zero-order valence-electron chi connectivity index (χ0n) is 10.6. The molecule has 6 nitrogen and oxygen atoms in total. The smallest absolute Gasteiger partial charge is 0.225 e. The van der Waals surface area contributed by atoms with Crippen LogP contribution in [0.2, 0.25) is 0 Å². The Morgan fingerprint density at radius 2 is 1.74 bits per heavy atom. The van der Waals surface area contributed by atoms with Gasteiger partial charge in [0, 0.05) is 56.2 Å². The van der Waals surface area contributed by atoms with Gasteiger partial charge in [0.15, 0.2) is 5.13 Å². The summed E-state index contributed by atoms with van der Waals surface area (Å²) in [6, 6.07) is 1.84. The first-order valence-corrected chi connectivity index (χ1v) is 7.10. The number of nitrogens with two attached hydrogens (primary N) is 1. The predicted molar refractivity (Wildman–Crippen MR) is 76.5 cm³/mol. The molecule has 2 N–H and O–H groups in total. The Morgan fingerprint density at radius 1 is 1.05 bits per heavy atom. The normalized spacial score (nSPS) is 15.8. The van der Waals surface area contributed by atoms with Crippen LogP contribution in [-0.4, -0.2) is 41.1 Å².